The lowest BCUT2D eigenvalue weighted by Crippen LogP contribution is -2.49. The third kappa shape index (κ3) is 4.55. The summed E-state index contributed by atoms with van der Waals surface area (Å²) in [6.45, 7) is 2.20. The number of hydrogen-bond donors (Lipinski definition) is 0. The van der Waals surface area contributed by atoms with Gasteiger partial charge in [-0.05, 0) is 29.8 Å². The zero-order valence-corrected chi connectivity index (χ0v) is 17.7. The van der Waals surface area contributed by atoms with Gasteiger partial charge in [0.2, 0.25) is 0 Å². The Hall–Kier alpha value is -3.34. The summed E-state index contributed by atoms with van der Waals surface area (Å²) in [5, 5.41) is 14.2. The molecule has 1 amide bonds. The molecule has 2 aromatic carbocycles. The lowest BCUT2D eigenvalue weighted by molar-refractivity contribution is 0.0596. The first kappa shape index (κ1) is 20.9. The molecule has 2 heterocycles. The first-order valence-electron chi connectivity index (χ1n) is 9.88. The van der Waals surface area contributed by atoms with Crippen LogP contribution in [0.4, 0.5) is 0 Å². The number of amides is 1. The van der Waals surface area contributed by atoms with E-state index in [9.17, 15) is 10.1 Å². The summed E-state index contributed by atoms with van der Waals surface area (Å²) in [4.78, 5) is 16.7. The molecule has 7 nitrogen and oxygen atoms in total. The van der Waals surface area contributed by atoms with Crippen molar-refractivity contribution in [1.82, 2.24) is 15.0 Å². The predicted octanol–water partition coefficient (Wildman–Crippen LogP) is 4.03. The number of rotatable bonds is 5. The average Bonchev–Trinajstić information content (AvgIpc) is 3.30. The van der Waals surface area contributed by atoms with E-state index in [-0.39, 0.29) is 17.6 Å². The van der Waals surface area contributed by atoms with Crippen LogP contribution in [0.1, 0.15) is 22.1 Å². The highest BCUT2D eigenvalue weighted by Gasteiger charge is 2.29. The van der Waals surface area contributed by atoms with Gasteiger partial charge in [0.1, 0.15) is 11.8 Å². The van der Waals surface area contributed by atoms with Crippen molar-refractivity contribution in [3.8, 4) is 23.1 Å². The molecule has 0 bridgehead atoms. The fourth-order valence-electron chi connectivity index (χ4n) is 3.65. The zero-order valence-electron chi connectivity index (χ0n) is 17.0. The lowest BCUT2D eigenvalue weighted by atomic mass is 10.1. The standard InChI is InChI=1S/C23H21ClN4O3/c1-30-19-7-5-16(6-8-19)21(15-25)27-9-11-28(12-10-27)23(29)20-14-22(31-26-20)17-3-2-4-18(24)13-17/h2-8,13-14,21H,9-12H2,1H3. The van der Waals surface area contributed by atoms with Crippen molar-refractivity contribution in [3.63, 3.8) is 0 Å². The molecule has 0 N–H and O–H groups in total. The average molecular weight is 437 g/mol. The van der Waals surface area contributed by atoms with Gasteiger partial charge in [0.05, 0.1) is 13.2 Å². The van der Waals surface area contributed by atoms with Gasteiger partial charge < -0.3 is 14.2 Å². The lowest BCUT2D eigenvalue weighted by Gasteiger charge is -2.36. The van der Waals surface area contributed by atoms with E-state index in [4.69, 9.17) is 20.9 Å². The Morgan fingerprint density at radius 2 is 1.90 bits per heavy atom. The van der Waals surface area contributed by atoms with Crippen LogP contribution in [0.25, 0.3) is 11.3 Å². The summed E-state index contributed by atoms with van der Waals surface area (Å²) in [6.07, 6.45) is 0. The van der Waals surface area contributed by atoms with Crippen LogP contribution < -0.4 is 4.74 Å². The molecule has 0 spiro atoms. The van der Waals surface area contributed by atoms with E-state index in [0.717, 1.165) is 16.9 Å². The molecule has 1 aromatic heterocycles. The molecule has 1 atom stereocenters. The Morgan fingerprint density at radius 3 is 2.55 bits per heavy atom. The minimum Gasteiger partial charge on any atom is -0.497 e. The van der Waals surface area contributed by atoms with Gasteiger partial charge in [-0.2, -0.15) is 5.26 Å². The molecule has 1 fully saturated rings. The molecule has 1 unspecified atom stereocenters. The summed E-state index contributed by atoms with van der Waals surface area (Å²) in [5.74, 6) is 1.06. The Labute approximate surface area is 185 Å². The second-order valence-electron chi connectivity index (χ2n) is 7.22. The maximum absolute atomic E-state index is 12.9. The van der Waals surface area contributed by atoms with Gasteiger partial charge in [-0.15, -0.1) is 0 Å². The van der Waals surface area contributed by atoms with Crippen LogP contribution in [0, 0.1) is 11.3 Å². The molecule has 0 aliphatic carbocycles. The van der Waals surface area contributed by atoms with Gasteiger partial charge in [0.25, 0.3) is 5.91 Å². The monoisotopic (exact) mass is 436 g/mol. The number of carbonyl (C=O) groups is 1. The number of methoxy groups -OCH3 is 1. The van der Waals surface area contributed by atoms with Crippen LogP contribution in [0.2, 0.25) is 5.02 Å². The second kappa shape index (κ2) is 9.21. The van der Waals surface area contributed by atoms with E-state index >= 15 is 0 Å². The number of benzene rings is 2. The van der Waals surface area contributed by atoms with E-state index < -0.39 is 0 Å². The second-order valence-corrected chi connectivity index (χ2v) is 7.66. The van der Waals surface area contributed by atoms with Crippen LogP contribution in [-0.2, 0) is 0 Å². The zero-order chi connectivity index (χ0) is 21.8. The number of nitriles is 1. The van der Waals surface area contributed by atoms with Gasteiger partial charge in [-0.3, -0.25) is 9.69 Å². The van der Waals surface area contributed by atoms with Crippen molar-refractivity contribution < 1.29 is 14.1 Å². The van der Waals surface area contributed by atoms with Gasteiger partial charge >= 0.3 is 0 Å². The minimum absolute atomic E-state index is 0.186. The maximum atomic E-state index is 12.9. The largest absolute Gasteiger partial charge is 0.497 e. The molecule has 0 radical (unpaired) electrons. The Bertz CT molecular complexity index is 1100. The van der Waals surface area contributed by atoms with E-state index in [0.29, 0.717) is 37.0 Å². The third-order valence-electron chi connectivity index (χ3n) is 5.36. The predicted molar refractivity (Wildman–Crippen MR) is 116 cm³/mol. The summed E-state index contributed by atoms with van der Waals surface area (Å²) in [7, 11) is 1.61. The molecule has 1 aliphatic rings. The number of nitrogens with zero attached hydrogens (tertiary/aromatic N) is 4. The Balaban J connectivity index is 1.40. The molecule has 4 rings (SSSR count). The van der Waals surface area contributed by atoms with Gasteiger partial charge in [0.15, 0.2) is 11.5 Å². The van der Waals surface area contributed by atoms with E-state index in [2.05, 4.69) is 16.1 Å². The van der Waals surface area contributed by atoms with Crippen LogP contribution >= 0.6 is 11.6 Å². The van der Waals surface area contributed by atoms with Crippen molar-refractivity contribution in [3.05, 3.63) is 70.9 Å². The molecule has 1 aliphatic heterocycles. The SMILES string of the molecule is COc1ccc(C(C#N)N2CCN(C(=O)c3cc(-c4cccc(Cl)c4)on3)CC2)cc1. The minimum atomic E-state index is -0.371. The molecular weight excluding hydrogens is 416 g/mol. The summed E-state index contributed by atoms with van der Waals surface area (Å²) in [6, 6.07) is 18.3. The number of piperazine rings is 1. The number of halogens is 1. The highest BCUT2D eigenvalue weighted by Crippen LogP contribution is 2.26. The molecule has 158 valence electrons. The molecule has 31 heavy (non-hydrogen) atoms. The first-order valence-corrected chi connectivity index (χ1v) is 10.3. The molecule has 8 heteroatoms. The fourth-order valence-corrected chi connectivity index (χ4v) is 3.84. The quantitative estimate of drug-likeness (QED) is 0.600. The van der Waals surface area contributed by atoms with Crippen LogP contribution in [0.15, 0.2) is 59.1 Å². The summed E-state index contributed by atoms with van der Waals surface area (Å²) >= 11 is 6.03. The van der Waals surface area contributed by atoms with Gasteiger partial charge in [-0.1, -0.05) is 41.0 Å². The van der Waals surface area contributed by atoms with Crippen molar-refractivity contribution >= 4 is 17.5 Å². The first-order chi connectivity index (χ1) is 15.1. The van der Waals surface area contributed by atoms with Gasteiger partial charge in [0, 0.05) is 42.8 Å². The summed E-state index contributed by atoms with van der Waals surface area (Å²) in [5.41, 5.74) is 1.93. The Morgan fingerprint density at radius 1 is 1.16 bits per heavy atom. The molecular formula is C23H21ClN4O3. The topological polar surface area (TPSA) is 82.6 Å². The smallest absolute Gasteiger partial charge is 0.276 e. The van der Waals surface area contributed by atoms with Gasteiger partial charge in [-0.25, -0.2) is 0 Å². The van der Waals surface area contributed by atoms with E-state index in [1.165, 1.54) is 0 Å². The molecule has 3 aromatic rings. The molecule has 0 saturated carbocycles. The van der Waals surface area contributed by atoms with E-state index in [1.807, 2.05) is 36.4 Å². The summed E-state index contributed by atoms with van der Waals surface area (Å²) < 4.78 is 10.5. The van der Waals surface area contributed by atoms with Crippen LogP contribution in [-0.4, -0.2) is 54.2 Å². The third-order valence-corrected chi connectivity index (χ3v) is 5.59. The Kier molecular flexibility index (Phi) is 6.21. The van der Waals surface area contributed by atoms with Crippen LogP contribution in [0.5, 0.6) is 5.75 Å². The van der Waals surface area contributed by atoms with Crippen molar-refractivity contribution in [2.24, 2.45) is 0 Å². The van der Waals surface area contributed by atoms with Crippen LogP contribution in [0.3, 0.4) is 0 Å². The number of ether oxygens (including phenoxy) is 1. The number of carbonyl (C=O) groups excluding carboxylic acids is 1. The highest BCUT2D eigenvalue weighted by atomic mass is 35.5. The normalized spacial score (nSPS) is 15.3. The fraction of sp³-hybridized carbons (Fsp3) is 0.261. The van der Waals surface area contributed by atoms with Crippen molar-refractivity contribution in [2.75, 3.05) is 33.3 Å². The maximum Gasteiger partial charge on any atom is 0.276 e. The van der Waals surface area contributed by atoms with Crippen molar-refractivity contribution in [2.45, 2.75) is 6.04 Å². The highest BCUT2D eigenvalue weighted by molar-refractivity contribution is 6.30. The number of hydrogen-bond acceptors (Lipinski definition) is 6. The molecule has 1 saturated heterocycles. The van der Waals surface area contributed by atoms with E-state index in [1.54, 1.807) is 30.2 Å². The number of aromatic nitrogens is 1. The van der Waals surface area contributed by atoms with Crippen molar-refractivity contribution in [1.29, 1.82) is 5.26 Å².